The molecule has 0 spiro atoms. The third kappa shape index (κ3) is 5.03. The number of nitrogens with zero attached hydrogens (tertiary/aromatic N) is 4. The van der Waals surface area contributed by atoms with Gasteiger partial charge in [0.1, 0.15) is 5.82 Å². The van der Waals surface area contributed by atoms with Crippen LogP contribution in [0, 0.1) is 5.82 Å². The number of carbonyl (C=O) groups is 1. The molecule has 0 bridgehead atoms. The smallest absolute Gasteiger partial charge is 0.324 e. The summed E-state index contributed by atoms with van der Waals surface area (Å²) in [5.74, 6) is -5.33. The first-order chi connectivity index (χ1) is 17.4. The Kier molecular flexibility index (Phi) is 6.40. The molecule has 3 aromatic rings. The number of anilines is 2. The SMILES string of the molecule is N[C@H]1CS(=O)(=O)c2cc(F)c(-c3noc(N4CCC(F)(F)CC4)n3)cc2N(Cc2ccc(Cl)cc2)C1=O. The molecule has 0 unspecified atom stereocenters. The second kappa shape index (κ2) is 9.30. The van der Waals surface area contributed by atoms with Crippen LogP contribution in [0.4, 0.5) is 24.9 Å². The largest absolute Gasteiger partial charge is 0.324 e. The zero-order valence-electron chi connectivity index (χ0n) is 19.2. The Morgan fingerprint density at radius 3 is 2.51 bits per heavy atom. The summed E-state index contributed by atoms with van der Waals surface area (Å²) in [6.07, 6.45) is -0.782. The van der Waals surface area contributed by atoms with Crippen molar-refractivity contribution in [2.75, 3.05) is 28.6 Å². The number of piperidine rings is 1. The molecule has 2 N–H and O–H groups in total. The predicted molar refractivity (Wildman–Crippen MR) is 129 cm³/mol. The van der Waals surface area contributed by atoms with Gasteiger partial charge in [0.15, 0.2) is 9.84 Å². The summed E-state index contributed by atoms with van der Waals surface area (Å²) in [7, 11) is -4.13. The number of rotatable bonds is 4. The number of alkyl halides is 2. The number of fused-ring (bicyclic) bond motifs is 1. The van der Waals surface area contributed by atoms with Crippen molar-refractivity contribution in [3.63, 3.8) is 0 Å². The maximum Gasteiger partial charge on any atom is 0.324 e. The molecule has 2 aliphatic rings. The minimum Gasteiger partial charge on any atom is -0.324 e. The minimum absolute atomic E-state index is 0.0270. The molecule has 0 aliphatic carbocycles. The Morgan fingerprint density at radius 1 is 1.16 bits per heavy atom. The molecule has 1 atom stereocenters. The number of aromatic nitrogens is 2. The number of hydrogen-bond acceptors (Lipinski definition) is 8. The van der Waals surface area contributed by atoms with Crippen LogP contribution in [0.1, 0.15) is 18.4 Å². The van der Waals surface area contributed by atoms with Crippen LogP contribution in [-0.4, -0.2) is 55.3 Å². The van der Waals surface area contributed by atoms with E-state index in [0.717, 1.165) is 12.1 Å². The topological polar surface area (TPSA) is 123 Å². The molecular formula is C23H21ClF3N5O4S. The molecule has 0 saturated carbocycles. The van der Waals surface area contributed by atoms with Gasteiger partial charge in [0.2, 0.25) is 11.7 Å². The first-order valence-electron chi connectivity index (χ1n) is 11.3. The Balaban J connectivity index is 1.56. The molecule has 14 heteroatoms. The van der Waals surface area contributed by atoms with Crippen molar-refractivity contribution in [2.24, 2.45) is 5.73 Å². The molecule has 1 amide bonds. The van der Waals surface area contributed by atoms with Crippen LogP contribution in [0.5, 0.6) is 0 Å². The Bertz CT molecular complexity index is 1460. The predicted octanol–water partition coefficient (Wildman–Crippen LogP) is 3.41. The Morgan fingerprint density at radius 2 is 1.84 bits per heavy atom. The van der Waals surface area contributed by atoms with Crippen molar-refractivity contribution >= 4 is 39.0 Å². The maximum absolute atomic E-state index is 15.2. The number of amides is 1. The van der Waals surface area contributed by atoms with Crippen molar-refractivity contribution in [2.45, 2.75) is 36.2 Å². The van der Waals surface area contributed by atoms with E-state index >= 15 is 4.39 Å². The third-order valence-corrected chi connectivity index (χ3v) is 8.38. The second-order valence-corrected chi connectivity index (χ2v) is 11.4. The molecule has 9 nitrogen and oxygen atoms in total. The van der Waals surface area contributed by atoms with E-state index in [2.05, 4.69) is 10.1 Å². The van der Waals surface area contributed by atoms with E-state index in [0.29, 0.717) is 10.6 Å². The monoisotopic (exact) mass is 555 g/mol. The van der Waals surface area contributed by atoms with E-state index in [1.807, 2.05) is 0 Å². The molecule has 1 fully saturated rings. The van der Waals surface area contributed by atoms with Crippen LogP contribution in [0.3, 0.4) is 0 Å². The van der Waals surface area contributed by atoms with Gasteiger partial charge in [-0.05, 0) is 29.8 Å². The van der Waals surface area contributed by atoms with Gasteiger partial charge in [0.05, 0.1) is 34.5 Å². The number of nitrogens with two attached hydrogens (primary N) is 1. The fourth-order valence-electron chi connectivity index (χ4n) is 4.31. The van der Waals surface area contributed by atoms with E-state index in [1.165, 1.54) is 9.80 Å². The summed E-state index contributed by atoms with van der Waals surface area (Å²) in [6.45, 7) is -0.113. The molecule has 37 heavy (non-hydrogen) atoms. The zero-order valence-corrected chi connectivity index (χ0v) is 20.8. The zero-order chi connectivity index (χ0) is 26.5. The van der Waals surface area contributed by atoms with Gasteiger partial charge in [-0.1, -0.05) is 28.9 Å². The lowest BCUT2D eigenvalue weighted by Crippen LogP contribution is -2.45. The van der Waals surface area contributed by atoms with E-state index < -0.39 is 57.0 Å². The highest BCUT2D eigenvalue weighted by atomic mass is 35.5. The van der Waals surface area contributed by atoms with Crippen molar-refractivity contribution in [3.05, 3.63) is 52.8 Å². The van der Waals surface area contributed by atoms with Crippen LogP contribution in [0.2, 0.25) is 5.02 Å². The van der Waals surface area contributed by atoms with Gasteiger partial charge in [0, 0.05) is 31.0 Å². The Labute approximate surface area is 214 Å². The van der Waals surface area contributed by atoms with Crippen LogP contribution in [-0.2, 0) is 21.2 Å². The average Bonchev–Trinajstić information content (AvgIpc) is 3.30. The van der Waals surface area contributed by atoms with Crippen molar-refractivity contribution in [1.82, 2.24) is 10.1 Å². The standard InChI is InChI=1S/C23H21ClF3N5O4S/c24-14-3-1-13(2-4-14)11-32-18-9-15(16(25)10-19(18)37(34,35)12-17(28)21(32)33)20-29-22(36-30-20)31-7-5-23(26,27)6-8-31/h1-4,9-10,17H,5-8,11-12,28H2/t17-/m0/s1. The highest BCUT2D eigenvalue weighted by Crippen LogP contribution is 2.37. The normalized spacial score (nSPS) is 21.0. The molecule has 5 rings (SSSR count). The van der Waals surface area contributed by atoms with Gasteiger partial charge in [-0.3, -0.25) is 4.79 Å². The van der Waals surface area contributed by atoms with Gasteiger partial charge < -0.3 is 20.1 Å². The summed E-state index contributed by atoms with van der Waals surface area (Å²) < 4.78 is 73.4. The van der Waals surface area contributed by atoms with Crippen LogP contribution in [0.15, 0.2) is 45.8 Å². The summed E-state index contributed by atoms with van der Waals surface area (Å²) in [6, 6.07) is 7.09. The summed E-state index contributed by atoms with van der Waals surface area (Å²) >= 11 is 5.94. The third-order valence-electron chi connectivity index (χ3n) is 6.33. The molecule has 3 heterocycles. The summed E-state index contributed by atoms with van der Waals surface area (Å²) in [4.78, 5) is 19.5. The first-order valence-corrected chi connectivity index (χ1v) is 13.3. The second-order valence-electron chi connectivity index (χ2n) is 8.98. The van der Waals surface area contributed by atoms with Crippen molar-refractivity contribution < 1.29 is 30.9 Å². The molecule has 1 aromatic heterocycles. The molecule has 2 aliphatic heterocycles. The minimum atomic E-state index is -4.13. The maximum atomic E-state index is 15.2. The van der Waals surface area contributed by atoms with Crippen LogP contribution >= 0.6 is 11.6 Å². The highest BCUT2D eigenvalue weighted by Gasteiger charge is 2.38. The lowest BCUT2D eigenvalue weighted by atomic mass is 10.1. The lowest BCUT2D eigenvalue weighted by Gasteiger charge is -2.29. The summed E-state index contributed by atoms with van der Waals surface area (Å²) in [5, 5.41) is 4.25. The van der Waals surface area contributed by atoms with Crippen molar-refractivity contribution in [3.8, 4) is 11.4 Å². The average molecular weight is 556 g/mol. The van der Waals surface area contributed by atoms with E-state index in [4.69, 9.17) is 21.9 Å². The lowest BCUT2D eigenvalue weighted by molar-refractivity contribution is -0.119. The number of carbonyl (C=O) groups excluding carboxylic acids is 1. The fraction of sp³-hybridized carbons (Fsp3) is 0.348. The van der Waals surface area contributed by atoms with E-state index in [1.54, 1.807) is 24.3 Å². The van der Waals surface area contributed by atoms with E-state index in [9.17, 15) is 22.0 Å². The van der Waals surface area contributed by atoms with Gasteiger partial charge in [-0.15, -0.1) is 0 Å². The van der Waals surface area contributed by atoms with Gasteiger partial charge in [0.25, 0.3) is 5.92 Å². The number of hydrogen-bond donors (Lipinski definition) is 1. The number of sulfone groups is 1. The van der Waals surface area contributed by atoms with E-state index in [-0.39, 0.29) is 42.7 Å². The van der Waals surface area contributed by atoms with Gasteiger partial charge in [-0.25, -0.2) is 21.6 Å². The van der Waals surface area contributed by atoms with Crippen molar-refractivity contribution in [1.29, 1.82) is 0 Å². The highest BCUT2D eigenvalue weighted by molar-refractivity contribution is 7.91. The quantitative estimate of drug-likeness (QED) is 0.519. The Hall–Kier alpha value is -3.16. The molecule has 1 saturated heterocycles. The van der Waals surface area contributed by atoms with Gasteiger partial charge in [-0.2, -0.15) is 4.98 Å². The number of halogens is 4. The van der Waals surface area contributed by atoms with Crippen LogP contribution in [0.25, 0.3) is 11.4 Å². The molecule has 2 aromatic carbocycles. The number of benzene rings is 2. The first kappa shape index (κ1) is 25.5. The fourth-order valence-corrected chi connectivity index (χ4v) is 6.00. The molecular weight excluding hydrogens is 535 g/mol. The van der Waals surface area contributed by atoms with Gasteiger partial charge >= 0.3 is 6.01 Å². The van der Waals surface area contributed by atoms with Crippen LogP contribution < -0.4 is 15.5 Å². The molecule has 196 valence electrons. The molecule has 0 radical (unpaired) electrons. The summed E-state index contributed by atoms with van der Waals surface area (Å²) in [5.41, 5.74) is 6.22.